The molecule has 0 radical (unpaired) electrons. The molecule has 3 atom stereocenters. The van der Waals surface area contributed by atoms with Crippen molar-refractivity contribution in [1.29, 1.82) is 0 Å². The second-order valence-electron chi connectivity index (χ2n) is 5.79. The van der Waals surface area contributed by atoms with Gasteiger partial charge in [-0.05, 0) is 30.9 Å². The Hall–Kier alpha value is -2.23. The van der Waals surface area contributed by atoms with Crippen molar-refractivity contribution in [2.24, 2.45) is 11.8 Å². The minimum atomic E-state index is -0.980. The quantitative estimate of drug-likeness (QED) is 0.466. The number of imide groups is 1. The van der Waals surface area contributed by atoms with Crippen molar-refractivity contribution < 1.29 is 14.4 Å². The largest absolute Gasteiger partial charge is 0.301 e. The number of rotatable bonds is 2. The minimum Gasteiger partial charge on any atom is -0.301 e. The van der Waals surface area contributed by atoms with Gasteiger partial charge < -0.3 is 4.79 Å². The molecule has 1 fully saturated rings. The van der Waals surface area contributed by atoms with E-state index in [9.17, 15) is 14.4 Å². The predicted molar refractivity (Wildman–Crippen MR) is 71.1 cm³/mol. The lowest BCUT2D eigenvalue weighted by Gasteiger charge is -2.37. The molecule has 0 saturated heterocycles. The average molecular weight is 267 g/mol. The van der Waals surface area contributed by atoms with E-state index in [1.165, 1.54) is 4.90 Å². The average Bonchev–Trinajstić information content (AvgIpc) is 3.14. The van der Waals surface area contributed by atoms with E-state index in [1.54, 1.807) is 24.3 Å². The topological polar surface area (TPSA) is 54.5 Å². The highest BCUT2D eigenvalue weighted by atomic mass is 16.2. The van der Waals surface area contributed by atoms with Gasteiger partial charge >= 0.3 is 0 Å². The van der Waals surface area contributed by atoms with Crippen LogP contribution in [0.4, 0.5) is 0 Å². The third-order valence-electron chi connectivity index (χ3n) is 4.82. The summed E-state index contributed by atoms with van der Waals surface area (Å²) < 4.78 is 0. The molecule has 2 bridgehead atoms. The summed E-state index contributed by atoms with van der Waals surface area (Å²) in [5.74, 6) is -0.404. The van der Waals surface area contributed by atoms with Gasteiger partial charge in [-0.15, -0.1) is 0 Å². The summed E-state index contributed by atoms with van der Waals surface area (Å²) in [7, 11) is 0. The van der Waals surface area contributed by atoms with Gasteiger partial charge in [0.1, 0.15) is 11.8 Å². The Morgan fingerprint density at radius 3 is 2.20 bits per heavy atom. The van der Waals surface area contributed by atoms with Gasteiger partial charge in [0.25, 0.3) is 11.8 Å². The first kappa shape index (κ1) is 11.6. The van der Waals surface area contributed by atoms with Crippen molar-refractivity contribution in [1.82, 2.24) is 4.90 Å². The van der Waals surface area contributed by atoms with Crippen molar-refractivity contribution >= 4 is 18.1 Å². The fourth-order valence-corrected chi connectivity index (χ4v) is 3.88. The summed E-state index contributed by atoms with van der Waals surface area (Å²) in [5.41, 5.74) is -0.164. The number of nitrogens with zero attached hydrogens (tertiary/aromatic N) is 1. The Kier molecular flexibility index (Phi) is 2.12. The third kappa shape index (κ3) is 1.19. The van der Waals surface area contributed by atoms with Crippen LogP contribution in [0.1, 0.15) is 33.6 Å². The summed E-state index contributed by atoms with van der Waals surface area (Å²) in [6.45, 7) is 0. The fourth-order valence-electron chi connectivity index (χ4n) is 3.88. The van der Waals surface area contributed by atoms with Crippen molar-refractivity contribution in [3.05, 3.63) is 47.5 Å². The van der Waals surface area contributed by atoms with E-state index in [0.717, 1.165) is 12.7 Å². The van der Waals surface area contributed by atoms with Crippen molar-refractivity contribution in [2.45, 2.75) is 18.4 Å². The summed E-state index contributed by atoms with van der Waals surface area (Å²) in [6.07, 6.45) is 6.29. The number of allylic oxidation sites excluding steroid dienone is 1. The molecule has 1 aromatic rings. The number of benzene rings is 1. The molecule has 1 heterocycles. The summed E-state index contributed by atoms with van der Waals surface area (Å²) in [5, 5.41) is 0. The van der Waals surface area contributed by atoms with Gasteiger partial charge in [-0.2, -0.15) is 0 Å². The Balaban J connectivity index is 1.85. The first-order valence-corrected chi connectivity index (χ1v) is 6.80. The normalized spacial score (nSPS) is 33.9. The zero-order chi connectivity index (χ0) is 13.9. The molecule has 4 rings (SSSR count). The number of carbonyl (C=O) groups excluding carboxylic acids is 3. The van der Waals surface area contributed by atoms with E-state index in [2.05, 4.69) is 6.08 Å². The molecule has 0 spiro atoms. The molecule has 2 amide bonds. The van der Waals surface area contributed by atoms with E-state index in [4.69, 9.17) is 0 Å². The molecular formula is C16H13NO3. The fraction of sp³-hybridized carbons (Fsp3) is 0.312. The predicted octanol–water partition coefficient (Wildman–Crippen LogP) is 1.82. The van der Waals surface area contributed by atoms with Gasteiger partial charge in [0.15, 0.2) is 0 Å². The summed E-state index contributed by atoms with van der Waals surface area (Å²) >= 11 is 0. The number of amides is 2. The maximum atomic E-state index is 12.6. The standard InChI is InChI=1S/C16H13NO3/c18-9-16(8-10-5-6-11(16)7-10)17-14(19)12-3-1-2-4-13(12)15(17)20/h1-6,9-11H,7-8H2. The molecule has 1 aromatic carbocycles. The van der Waals surface area contributed by atoms with Crippen LogP contribution in [0.2, 0.25) is 0 Å². The zero-order valence-corrected chi connectivity index (χ0v) is 10.8. The van der Waals surface area contributed by atoms with E-state index in [-0.39, 0.29) is 17.7 Å². The summed E-state index contributed by atoms with van der Waals surface area (Å²) in [6, 6.07) is 6.78. The third-order valence-corrected chi connectivity index (χ3v) is 4.82. The highest BCUT2D eigenvalue weighted by Crippen LogP contribution is 2.50. The Labute approximate surface area is 116 Å². The molecule has 4 nitrogen and oxygen atoms in total. The maximum Gasteiger partial charge on any atom is 0.262 e. The van der Waals surface area contributed by atoms with Crippen LogP contribution < -0.4 is 0 Å². The molecule has 0 aromatic heterocycles. The smallest absolute Gasteiger partial charge is 0.262 e. The molecule has 20 heavy (non-hydrogen) atoms. The van der Waals surface area contributed by atoms with Gasteiger partial charge in [-0.3, -0.25) is 14.5 Å². The van der Waals surface area contributed by atoms with E-state index < -0.39 is 5.54 Å². The van der Waals surface area contributed by atoms with Crippen molar-refractivity contribution in [3.8, 4) is 0 Å². The van der Waals surface area contributed by atoms with Crippen molar-refractivity contribution in [3.63, 3.8) is 0 Å². The number of fused-ring (bicyclic) bond motifs is 3. The van der Waals surface area contributed by atoms with Gasteiger partial charge in [0.05, 0.1) is 11.1 Å². The monoisotopic (exact) mass is 267 g/mol. The van der Waals surface area contributed by atoms with Gasteiger partial charge in [0, 0.05) is 5.92 Å². The van der Waals surface area contributed by atoms with Crippen LogP contribution in [-0.4, -0.2) is 28.5 Å². The molecule has 4 heteroatoms. The maximum absolute atomic E-state index is 12.6. The molecule has 1 aliphatic heterocycles. The van der Waals surface area contributed by atoms with Crippen LogP contribution in [0.15, 0.2) is 36.4 Å². The molecule has 100 valence electrons. The molecule has 1 saturated carbocycles. The molecule has 2 aliphatic carbocycles. The minimum absolute atomic E-state index is 0.0350. The highest BCUT2D eigenvalue weighted by molar-refractivity contribution is 6.23. The van der Waals surface area contributed by atoms with Crippen LogP contribution in [-0.2, 0) is 4.79 Å². The van der Waals surface area contributed by atoms with Crippen LogP contribution in [0.25, 0.3) is 0 Å². The number of carbonyl (C=O) groups is 3. The van der Waals surface area contributed by atoms with Crippen molar-refractivity contribution in [2.75, 3.05) is 0 Å². The van der Waals surface area contributed by atoms with Crippen LogP contribution in [0.5, 0.6) is 0 Å². The second kappa shape index (κ2) is 3.66. The van der Waals surface area contributed by atoms with Gasteiger partial charge in [-0.25, -0.2) is 0 Å². The SMILES string of the molecule is O=CC1(N2C(=O)c3ccccc3C2=O)CC2C=CC1C2. The first-order chi connectivity index (χ1) is 9.67. The Bertz CT molecular complexity index is 643. The van der Waals surface area contributed by atoms with Gasteiger partial charge in [0.2, 0.25) is 0 Å². The number of hydrogen-bond donors (Lipinski definition) is 0. The van der Waals surface area contributed by atoms with Crippen LogP contribution in [0.3, 0.4) is 0 Å². The highest BCUT2D eigenvalue weighted by Gasteiger charge is 2.58. The lowest BCUT2D eigenvalue weighted by molar-refractivity contribution is -0.117. The van der Waals surface area contributed by atoms with E-state index >= 15 is 0 Å². The lowest BCUT2D eigenvalue weighted by Crippen LogP contribution is -2.55. The lowest BCUT2D eigenvalue weighted by atomic mass is 9.84. The molecule has 3 unspecified atom stereocenters. The summed E-state index contributed by atoms with van der Waals surface area (Å²) in [4.78, 5) is 38.1. The molecule has 0 N–H and O–H groups in total. The molecule has 3 aliphatic rings. The second-order valence-corrected chi connectivity index (χ2v) is 5.79. The van der Waals surface area contributed by atoms with E-state index in [0.29, 0.717) is 23.5 Å². The zero-order valence-electron chi connectivity index (χ0n) is 10.8. The van der Waals surface area contributed by atoms with E-state index in [1.807, 2.05) is 6.08 Å². The first-order valence-electron chi connectivity index (χ1n) is 6.80. The van der Waals surface area contributed by atoms with Gasteiger partial charge in [-0.1, -0.05) is 24.3 Å². The Morgan fingerprint density at radius 1 is 1.10 bits per heavy atom. The van der Waals surface area contributed by atoms with Crippen LogP contribution in [0, 0.1) is 11.8 Å². The van der Waals surface area contributed by atoms with Crippen LogP contribution >= 0.6 is 0 Å². The molecular weight excluding hydrogens is 254 g/mol. The number of aldehydes is 1. The Morgan fingerprint density at radius 2 is 1.75 bits per heavy atom. The number of hydrogen-bond acceptors (Lipinski definition) is 3.